The second-order valence-electron chi connectivity index (χ2n) is 6.05. The zero-order valence-electron chi connectivity index (χ0n) is 12.6. The van der Waals surface area contributed by atoms with Gasteiger partial charge in [-0.3, -0.25) is 19.4 Å². The van der Waals surface area contributed by atoms with Crippen molar-refractivity contribution in [1.29, 1.82) is 0 Å². The first kappa shape index (κ1) is 15.2. The summed E-state index contributed by atoms with van der Waals surface area (Å²) in [7, 11) is 0. The molecule has 3 fully saturated rings. The summed E-state index contributed by atoms with van der Waals surface area (Å²) in [5, 5.41) is 2.98. The van der Waals surface area contributed by atoms with Crippen LogP contribution < -0.4 is 5.32 Å². The van der Waals surface area contributed by atoms with Crippen LogP contribution in [0, 0.1) is 0 Å². The fourth-order valence-electron chi connectivity index (χ4n) is 2.71. The van der Waals surface area contributed by atoms with Crippen LogP contribution in [0.1, 0.15) is 12.8 Å². The Morgan fingerprint density at radius 3 is 2.23 bits per heavy atom. The summed E-state index contributed by atoms with van der Waals surface area (Å²) < 4.78 is 4.77. The highest BCUT2D eigenvalue weighted by molar-refractivity contribution is 5.94. The number of piperazine rings is 1. The number of cyclic esters (lactones) is 1. The third-order valence-corrected chi connectivity index (χ3v) is 4.20. The molecular weight excluding hydrogens is 288 g/mol. The summed E-state index contributed by atoms with van der Waals surface area (Å²) in [5.41, 5.74) is 0. The van der Waals surface area contributed by atoms with Gasteiger partial charge in [0, 0.05) is 32.2 Å². The molecule has 3 amide bonds. The highest BCUT2D eigenvalue weighted by atomic mass is 16.6. The van der Waals surface area contributed by atoms with Crippen LogP contribution in [0.2, 0.25) is 0 Å². The van der Waals surface area contributed by atoms with Crippen LogP contribution in [0.15, 0.2) is 0 Å². The molecule has 1 N–H and O–H groups in total. The van der Waals surface area contributed by atoms with E-state index >= 15 is 0 Å². The smallest absolute Gasteiger partial charge is 0.416 e. The van der Waals surface area contributed by atoms with Gasteiger partial charge in [0.15, 0.2) is 0 Å². The van der Waals surface area contributed by atoms with Crippen LogP contribution in [0.5, 0.6) is 0 Å². The lowest BCUT2D eigenvalue weighted by atomic mass is 10.3. The van der Waals surface area contributed by atoms with Gasteiger partial charge in [0.05, 0.1) is 19.6 Å². The van der Waals surface area contributed by atoms with Gasteiger partial charge in [0.2, 0.25) is 11.8 Å². The summed E-state index contributed by atoms with van der Waals surface area (Å²) in [6, 6.07) is 0.395. The van der Waals surface area contributed by atoms with Crippen LogP contribution in [-0.4, -0.2) is 91.1 Å². The Morgan fingerprint density at radius 2 is 1.68 bits per heavy atom. The number of hydrogen-bond acceptors (Lipinski definition) is 6. The number of carbonyl (C=O) groups is 3. The van der Waals surface area contributed by atoms with Crippen molar-refractivity contribution in [3.05, 3.63) is 0 Å². The minimum atomic E-state index is -0.541. The molecule has 3 aliphatic rings. The Balaban J connectivity index is 1.36. The van der Waals surface area contributed by atoms with E-state index in [1.807, 2.05) is 4.90 Å². The molecule has 8 nitrogen and oxygen atoms in total. The highest BCUT2D eigenvalue weighted by Gasteiger charge is 2.30. The third-order valence-electron chi connectivity index (χ3n) is 4.20. The Labute approximate surface area is 129 Å². The van der Waals surface area contributed by atoms with Crippen LogP contribution in [0.25, 0.3) is 0 Å². The van der Waals surface area contributed by atoms with Crippen molar-refractivity contribution in [3.8, 4) is 0 Å². The first-order valence-corrected chi connectivity index (χ1v) is 7.83. The van der Waals surface area contributed by atoms with Crippen LogP contribution in [0.3, 0.4) is 0 Å². The zero-order valence-corrected chi connectivity index (χ0v) is 12.6. The van der Waals surface area contributed by atoms with Crippen molar-refractivity contribution in [2.45, 2.75) is 18.9 Å². The van der Waals surface area contributed by atoms with Crippen molar-refractivity contribution in [1.82, 2.24) is 20.0 Å². The van der Waals surface area contributed by atoms with Gasteiger partial charge in [-0.1, -0.05) is 0 Å². The van der Waals surface area contributed by atoms with Crippen molar-refractivity contribution in [2.75, 3.05) is 52.4 Å². The number of hydrogen-bond donors (Lipinski definition) is 1. The molecule has 0 radical (unpaired) electrons. The molecule has 1 saturated carbocycles. The molecule has 2 heterocycles. The molecule has 0 atom stereocenters. The van der Waals surface area contributed by atoms with Crippen molar-refractivity contribution < 1.29 is 19.1 Å². The molecule has 2 saturated heterocycles. The van der Waals surface area contributed by atoms with Gasteiger partial charge in [0.1, 0.15) is 6.61 Å². The second-order valence-corrected chi connectivity index (χ2v) is 6.05. The van der Waals surface area contributed by atoms with E-state index < -0.39 is 6.09 Å². The van der Waals surface area contributed by atoms with Crippen molar-refractivity contribution in [3.63, 3.8) is 0 Å². The second kappa shape index (κ2) is 6.62. The first-order valence-electron chi connectivity index (χ1n) is 7.83. The molecule has 2 aliphatic heterocycles. The largest absolute Gasteiger partial charge is 0.447 e. The molecule has 3 rings (SSSR count). The average molecular weight is 310 g/mol. The van der Waals surface area contributed by atoms with E-state index in [1.54, 1.807) is 0 Å². The summed E-state index contributed by atoms with van der Waals surface area (Å²) >= 11 is 0. The quantitative estimate of drug-likeness (QED) is 0.691. The molecule has 0 bridgehead atoms. The third kappa shape index (κ3) is 3.95. The lowest BCUT2D eigenvalue weighted by Gasteiger charge is -2.34. The molecule has 0 aromatic rings. The van der Waals surface area contributed by atoms with Gasteiger partial charge >= 0.3 is 6.09 Å². The minimum absolute atomic E-state index is 0.0897. The molecule has 0 aromatic heterocycles. The summed E-state index contributed by atoms with van der Waals surface area (Å²) in [4.78, 5) is 40.4. The average Bonchev–Trinajstić information content (AvgIpc) is 3.19. The van der Waals surface area contributed by atoms with Gasteiger partial charge in [-0.15, -0.1) is 0 Å². The van der Waals surface area contributed by atoms with Crippen molar-refractivity contribution in [2.24, 2.45) is 0 Å². The maximum atomic E-state index is 12.0. The molecule has 0 unspecified atom stereocenters. The lowest BCUT2D eigenvalue weighted by Crippen LogP contribution is -2.52. The fourth-order valence-corrected chi connectivity index (χ4v) is 2.71. The van der Waals surface area contributed by atoms with Gasteiger partial charge in [0.25, 0.3) is 0 Å². The summed E-state index contributed by atoms with van der Waals surface area (Å²) in [6.45, 7) is 4.27. The predicted octanol–water partition coefficient (Wildman–Crippen LogP) is -1.14. The monoisotopic (exact) mass is 310 g/mol. The molecule has 0 spiro atoms. The standard InChI is InChI=1S/C14H22N4O4/c19-12(15-11-1-2-11)9-16-3-5-17(6-4-16)10-13(20)18-7-8-22-14(18)21/h11H,1-10H2,(H,15,19). The zero-order chi connectivity index (χ0) is 15.5. The van der Waals surface area contributed by atoms with E-state index in [2.05, 4.69) is 10.2 Å². The molecule has 0 aromatic carbocycles. The van der Waals surface area contributed by atoms with E-state index in [0.717, 1.165) is 43.9 Å². The van der Waals surface area contributed by atoms with E-state index in [4.69, 9.17) is 4.74 Å². The van der Waals surface area contributed by atoms with Crippen LogP contribution in [-0.2, 0) is 14.3 Å². The molecule has 22 heavy (non-hydrogen) atoms. The lowest BCUT2D eigenvalue weighted by molar-refractivity contribution is -0.130. The van der Waals surface area contributed by atoms with E-state index in [9.17, 15) is 14.4 Å². The molecule has 8 heteroatoms. The Hall–Kier alpha value is -1.67. The first-order chi connectivity index (χ1) is 10.6. The van der Waals surface area contributed by atoms with Crippen LogP contribution >= 0.6 is 0 Å². The van der Waals surface area contributed by atoms with Gasteiger partial charge in [-0.25, -0.2) is 9.69 Å². The summed E-state index contributed by atoms with van der Waals surface area (Å²) in [5.74, 6) is -0.116. The number of nitrogens with one attached hydrogen (secondary N) is 1. The number of amides is 3. The van der Waals surface area contributed by atoms with Gasteiger partial charge < -0.3 is 10.1 Å². The molecule has 122 valence electrons. The number of ether oxygens (including phenoxy) is 1. The SMILES string of the molecule is O=C(CN1CCN(CC(=O)N2CCOC2=O)CC1)NC1CC1. The minimum Gasteiger partial charge on any atom is -0.447 e. The van der Waals surface area contributed by atoms with E-state index in [0.29, 0.717) is 19.1 Å². The normalized spacial score (nSPS) is 23.5. The Kier molecular flexibility index (Phi) is 4.58. The number of imide groups is 1. The highest BCUT2D eigenvalue weighted by Crippen LogP contribution is 2.18. The topological polar surface area (TPSA) is 82.2 Å². The summed E-state index contributed by atoms with van der Waals surface area (Å²) in [6.07, 6.45) is 1.65. The van der Waals surface area contributed by atoms with Crippen LogP contribution in [0.4, 0.5) is 4.79 Å². The number of nitrogens with zero attached hydrogens (tertiary/aromatic N) is 3. The van der Waals surface area contributed by atoms with Crippen molar-refractivity contribution >= 4 is 17.9 Å². The maximum absolute atomic E-state index is 12.0. The fraction of sp³-hybridized carbons (Fsp3) is 0.786. The van der Waals surface area contributed by atoms with E-state index in [1.165, 1.54) is 0 Å². The maximum Gasteiger partial charge on any atom is 0.416 e. The molecular formula is C14H22N4O4. The Morgan fingerprint density at radius 1 is 1.05 bits per heavy atom. The molecule has 1 aliphatic carbocycles. The number of rotatable bonds is 5. The number of carbonyl (C=O) groups excluding carboxylic acids is 3. The predicted molar refractivity (Wildman–Crippen MR) is 77.1 cm³/mol. The Bertz CT molecular complexity index is 458. The van der Waals surface area contributed by atoms with Gasteiger partial charge in [-0.05, 0) is 12.8 Å². The van der Waals surface area contributed by atoms with E-state index in [-0.39, 0.29) is 25.0 Å². The van der Waals surface area contributed by atoms with Gasteiger partial charge in [-0.2, -0.15) is 0 Å².